The minimum absolute atomic E-state index is 0.426. The lowest BCUT2D eigenvalue weighted by atomic mass is 9.94. The van der Waals surface area contributed by atoms with Gasteiger partial charge in [0, 0.05) is 16.1 Å². The summed E-state index contributed by atoms with van der Waals surface area (Å²) in [5, 5.41) is 0.710. The van der Waals surface area contributed by atoms with E-state index in [9.17, 15) is 0 Å². The zero-order chi connectivity index (χ0) is 19.9. The summed E-state index contributed by atoms with van der Waals surface area (Å²) in [4.78, 5) is 13.7. The molecular weight excluding hydrogens is 396 g/mol. The second-order valence-electron chi connectivity index (χ2n) is 8.41. The summed E-state index contributed by atoms with van der Waals surface area (Å²) in [5.41, 5.74) is 7.66. The highest BCUT2D eigenvalue weighted by molar-refractivity contribution is 6.35. The zero-order valence-corrected chi connectivity index (χ0v) is 16.8. The van der Waals surface area contributed by atoms with Gasteiger partial charge >= 0.3 is 0 Å². The molecule has 0 atom stereocenters. The molecule has 2 aromatic carbocycles. The van der Waals surface area contributed by atoms with Crippen LogP contribution in [0.2, 0.25) is 5.02 Å². The van der Waals surface area contributed by atoms with Crippen molar-refractivity contribution in [2.45, 2.75) is 24.8 Å². The van der Waals surface area contributed by atoms with Crippen LogP contribution in [0.1, 0.15) is 35.2 Å². The fourth-order valence-corrected chi connectivity index (χ4v) is 5.04. The Morgan fingerprint density at radius 1 is 1.10 bits per heavy atom. The molecule has 3 heterocycles. The molecule has 0 radical (unpaired) electrons. The van der Waals surface area contributed by atoms with Crippen molar-refractivity contribution in [1.82, 2.24) is 14.5 Å². The number of imidazole rings is 1. The van der Waals surface area contributed by atoms with Gasteiger partial charge in [-0.1, -0.05) is 35.9 Å². The summed E-state index contributed by atoms with van der Waals surface area (Å²) < 4.78 is 7.65. The van der Waals surface area contributed by atoms with E-state index in [1.54, 1.807) is 6.20 Å². The molecule has 6 heteroatoms. The number of fused-ring (bicyclic) bond motifs is 4. The second kappa shape index (κ2) is 5.70. The van der Waals surface area contributed by atoms with Crippen molar-refractivity contribution >= 4 is 17.3 Å². The molecule has 0 unspecified atom stereocenters. The molecule has 2 saturated carbocycles. The average Bonchev–Trinajstić information content (AvgIpc) is 3.48. The maximum Gasteiger partial charge on any atom is 0.181 e. The van der Waals surface area contributed by atoms with E-state index >= 15 is 0 Å². The zero-order valence-electron chi connectivity index (χ0n) is 16.0. The molecular formula is C24H17ClN4O. The van der Waals surface area contributed by atoms with Gasteiger partial charge in [-0.2, -0.15) is 0 Å². The minimum Gasteiger partial charge on any atom is -0.442 e. The van der Waals surface area contributed by atoms with Gasteiger partial charge in [0.05, 0.1) is 29.8 Å². The van der Waals surface area contributed by atoms with Gasteiger partial charge in [0.1, 0.15) is 12.0 Å². The Balaban J connectivity index is 1.47. The lowest BCUT2D eigenvalue weighted by Gasteiger charge is -2.15. The van der Waals surface area contributed by atoms with Gasteiger partial charge in [-0.3, -0.25) is 9.56 Å². The Hall–Kier alpha value is -3.18. The molecule has 5 nitrogen and oxygen atoms in total. The Morgan fingerprint density at radius 3 is 2.73 bits per heavy atom. The molecule has 30 heavy (non-hydrogen) atoms. The summed E-state index contributed by atoms with van der Waals surface area (Å²) in [6.45, 7) is 0.481. The molecule has 2 aromatic heterocycles. The number of halogens is 1. The number of aromatic nitrogens is 3. The summed E-state index contributed by atoms with van der Waals surface area (Å²) in [6, 6.07) is 14.7. The second-order valence-corrected chi connectivity index (χ2v) is 8.82. The van der Waals surface area contributed by atoms with Crippen LogP contribution < -0.4 is 0 Å². The summed E-state index contributed by atoms with van der Waals surface area (Å²) >= 11 is 6.60. The smallest absolute Gasteiger partial charge is 0.181 e. The molecule has 2 fully saturated rings. The molecule has 1 aliphatic heterocycles. The van der Waals surface area contributed by atoms with Gasteiger partial charge in [0.25, 0.3) is 0 Å². The van der Waals surface area contributed by atoms with E-state index in [1.165, 1.54) is 24.8 Å². The number of rotatable bonds is 3. The molecule has 0 amide bonds. The predicted molar refractivity (Wildman–Crippen MR) is 114 cm³/mol. The highest BCUT2D eigenvalue weighted by atomic mass is 35.5. The first-order valence-corrected chi connectivity index (χ1v) is 10.5. The van der Waals surface area contributed by atoms with Crippen LogP contribution in [0.15, 0.2) is 70.8 Å². The van der Waals surface area contributed by atoms with Crippen molar-refractivity contribution in [1.29, 1.82) is 0 Å². The quantitative estimate of drug-likeness (QED) is 0.465. The first kappa shape index (κ1) is 16.6. The lowest BCUT2D eigenvalue weighted by Crippen LogP contribution is -2.09. The molecule has 3 aliphatic rings. The van der Waals surface area contributed by atoms with E-state index in [0.29, 0.717) is 22.7 Å². The summed E-state index contributed by atoms with van der Waals surface area (Å²) in [5.74, 6) is 1.53. The fourth-order valence-electron chi connectivity index (χ4n) is 4.81. The Bertz CT molecular complexity index is 1350. The normalized spacial score (nSPS) is 23.1. The first-order valence-electron chi connectivity index (χ1n) is 10.1. The largest absolute Gasteiger partial charge is 0.442 e. The van der Waals surface area contributed by atoms with Crippen LogP contribution in [0.3, 0.4) is 0 Å². The van der Waals surface area contributed by atoms with Crippen molar-refractivity contribution < 1.29 is 4.42 Å². The summed E-state index contributed by atoms with van der Waals surface area (Å²) in [6.07, 6.45) is 7.60. The molecule has 7 rings (SSSR count). The first-order chi connectivity index (χ1) is 14.7. The van der Waals surface area contributed by atoms with Gasteiger partial charge in [0.2, 0.25) is 0 Å². The number of oxazole rings is 1. The number of aliphatic imine (C=N–C) groups is 1. The average molecular weight is 413 g/mol. The standard InChI is InChI=1S/C24H17ClN4O/c25-18-4-2-1-3-16(18)22-17-7-14(24-8-15(24)9-24)5-6-19(17)29-12-28-23(20(29)10-27-22)21-11-26-13-30-21/h1-7,11-13,15H,8-10H2. The van der Waals surface area contributed by atoms with E-state index in [1.807, 2.05) is 30.6 Å². The number of benzene rings is 2. The van der Waals surface area contributed by atoms with Crippen LogP contribution in [0.25, 0.3) is 17.1 Å². The van der Waals surface area contributed by atoms with Crippen LogP contribution in [0.5, 0.6) is 0 Å². The summed E-state index contributed by atoms with van der Waals surface area (Å²) in [7, 11) is 0. The number of hydrogen-bond donors (Lipinski definition) is 0. The Morgan fingerprint density at radius 2 is 1.97 bits per heavy atom. The van der Waals surface area contributed by atoms with E-state index in [4.69, 9.17) is 21.0 Å². The third-order valence-corrected chi connectivity index (χ3v) is 7.15. The van der Waals surface area contributed by atoms with Crippen molar-refractivity contribution in [3.8, 4) is 17.1 Å². The van der Waals surface area contributed by atoms with Crippen LogP contribution in [0, 0.1) is 5.92 Å². The monoisotopic (exact) mass is 412 g/mol. The van der Waals surface area contributed by atoms with Gasteiger partial charge in [-0.15, -0.1) is 0 Å². The van der Waals surface area contributed by atoms with E-state index in [2.05, 4.69) is 32.7 Å². The SMILES string of the molecule is Clc1ccccc1C1=NCc2c(-c3cnco3)ncn2-c2ccc(C34CC3C4)cc21. The third-order valence-electron chi connectivity index (χ3n) is 6.82. The van der Waals surface area contributed by atoms with Gasteiger partial charge in [0.15, 0.2) is 12.2 Å². The van der Waals surface area contributed by atoms with E-state index < -0.39 is 0 Å². The van der Waals surface area contributed by atoms with Gasteiger partial charge < -0.3 is 4.42 Å². The number of nitrogens with zero attached hydrogens (tertiary/aromatic N) is 4. The van der Waals surface area contributed by atoms with E-state index in [-0.39, 0.29) is 0 Å². The highest BCUT2D eigenvalue weighted by Crippen LogP contribution is 2.75. The predicted octanol–water partition coefficient (Wildman–Crippen LogP) is 5.19. The molecule has 146 valence electrons. The van der Waals surface area contributed by atoms with Crippen LogP contribution in [-0.2, 0) is 12.0 Å². The van der Waals surface area contributed by atoms with Crippen LogP contribution >= 0.6 is 11.6 Å². The highest BCUT2D eigenvalue weighted by Gasteiger charge is 2.70. The molecule has 0 bridgehead atoms. The maximum absolute atomic E-state index is 6.60. The minimum atomic E-state index is 0.426. The fraction of sp³-hybridized carbons (Fsp3) is 0.208. The molecule has 4 aromatic rings. The topological polar surface area (TPSA) is 56.2 Å². The van der Waals surface area contributed by atoms with Crippen molar-refractivity contribution in [3.63, 3.8) is 0 Å². The Labute approximate surface area is 178 Å². The van der Waals surface area contributed by atoms with Gasteiger partial charge in [-0.25, -0.2) is 9.97 Å². The van der Waals surface area contributed by atoms with Crippen LogP contribution in [0.4, 0.5) is 0 Å². The number of hydrogen-bond acceptors (Lipinski definition) is 4. The van der Waals surface area contributed by atoms with Gasteiger partial charge in [-0.05, 0) is 47.9 Å². The maximum atomic E-state index is 6.60. The van der Waals surface area contributed by atoms with E-state index in [0.717, 1.165) is 39.8 Å². The lowest BCUT2D eigenvalue weighted by molar-refractivity contribution is 0.569. The Kier molecular flexibility index (Phi) is 3.15. The van der Waals surface area contributed by atoms with Crippen LogP contribution in [-0.4, -0.2) is 20.2 Å². The molecule has 0 N–H and O–H groups in total. The van der Waals surface area contributed by atoms with Crippen molar-refractivity contribution in [2.75, 3.05) is 0 Å². The molecule has 0 saturated heterocycles. The molecule has 2 aliphatic carbocycles. The molecule has 0 spiro atoms. The van der Waals surface area contributed by atoms with Crippen molar-refractivity contribution in [2.24, 2.45) is 10.9 Å². The third kappa shape index (κ3) is 2.21. The van der Waals surface area contributed by atoms with Crippen molar-refractivity contribution in [3.05, 3.63) is 88.8 Å².